The van der Waals surface area contributed by atoms with E-state index in [1.807, 2.05) is 0 Å². The molecule has 1 aromatic carbocycles. The maximum absolute atomic E-state index is 4.78. The topological polar surface area (TPSA) is 12.4 Å². The van der Waals surface area contributed by atoms with Crippen molar-refractivity contribution in [1.82, 2.24) is 0 Å². The highest BCUT2D eigenvalue weighted by Crippen LogP contribution is 2.39. The molecule has 1 heterocycles. The fourth-order valence-corrected chi connectivity index (χ4v) is 2.59. The van der Waals surface area contributed by atoms with E-state index in [-0.39, 0.29) is 0 Å². The van der Waals surface area contributed by atoms with Crippen LogP contribution < -0.4 is 0 Å². The molecule has 0 amide bonds. The molecule has 90 valence electrons. The Bertz CT molecular complexity index is 598. The van der Waals surface area contributed by atoms with Gasteiger partial charge < -0.3 is 0 Å². The molecule has 1 aromatic rings. The number of nitrogens with zero attached hydrogens (tertiary/aromatic N) is 1. The van der Waals surface area contributed by atoms with Crippen LogP contribution in [0.5, 0.6) is 0 Å². The average molecular weight is 235 g/mol. The van der Waals surface area contributed by atoms with Gasteiger partial charge in [-0.15, -0.1) is 0 Å². The summed E-state index contributed by atoms with van der Waals surface area (Å²) in [7, 11) is 0. The van der Waals surface area contributed by atoms with E-state index < -0.39 is 0 Å². The van der Waals surface area contributed by atoms with Crippen molar-refractivity contribution in [2.45, 2.75) is 26.7 Å². The molecule has 0 spiro atoms. The molecule has 0 unspecified atom stereocenters. The van der Waals surface area contributed by atoms with E-state index >= 15 is 0 Å². The first-order chi connectivity index (χ1) is 8.83. The van der Waals surface area contributed by atoms with Gasteiger partial charge in [-0.3, -0.25) is 4.99 Å². The minimum atomic E-state index is 0.986. The number of allylic oxidation sites excluding steroid dienone is 4. The molecule has 0 radical (unpaired) electrons. The fraction of sp³-hybridized carbons (Fsp3) is 0.235. The van der Waals surface area contributed by atoms with Crippen LogP contribution in [0.25, 0.3) is 5.57 Å². The number of hydrogen-bond donors (Lipinski definition) is 0. The Balaban J connectivity index is 2.15. The fourth-order valence-electron chi connectivity index (χ4n) is 2.59. The molecular formula is C17H17N. The first kappa shape index (κ1) is 11.2. The third kappa shape index (κ3) is 1.67. The van der Waals surface area contributed by atoms with Crippen molar-refractivity contribution in [3.63, 3.8) is 0 Å². The molecule has 0 fully saturated rings. The molecule has 2 aliphatic rings. The quantitative estimate of drug-likeness (QED) is 0.729. The van der Waals surface area contributed by atoms with Crippen LogP contribution in [0.1, 0.15) is 32.3 Å². The van der Waals surface area contributed by atoms with Crippen molar-refractivity contribution < 1.29 is 0 Å². The second-order valence-corrected chi connectivity index (χ2v) is 4.67. The van der Waals surface area contributed by atoms with Gasteiger partial charge in [0.1, 0.15) is 0 Å². The minimum absolute atomic E-state index is 0.986. The molecule has 18 heavy (non-hydrogen) atoms. The third-order valence-corrected chi connectivity index (χ3v) is 3.55. The normalized spacial score (nSPS) is 17.6. The van der Waals surface area contributed by atoms with E-state index in [4.69, 9.17) is 4.99 Å². The van der Waals surface area contributed by atoms with Crippen molar-refractivity contribution in [3.8, 4) is 0 Å². The lowest BCUT2D eigenvalue weighted by atomic mass is 9.96. The first-order valence-corrected chi connectivity index (χ1v) is 6.63. The number of benzene rings is 1. The predicted octanol–water partition coefficient (Wildman–Crippen LogP) is 4.54. The minimum Gasteiger partial charge on any atom is -0.252 e. The Morgan fingerprint density at radius 3 is 2.39 bits per heavy atom. The molecule has 0 atom stereocenters. The second-order valence-electron chi connectivity index (χ2n) is 4.67. The average Bonchev–Trinajstić information content (AvgIpc) is 2.95. The summed E-state index contributed by atoms with van der Waals surface area (Å²) in [5, 5.41) is 0. The van der Waals surface area contributed by atoms with Crippen molar-refractivity contribution >= 4 is 11.3 Å². The SMILES string of the molecule is CCC1=CC2=C(c3ccccc3)C(CC)=NC2=C1. The molecule has 0 bridgehead atoms. The standard InChI is InChI=1S/C17H17N/c1-3-12-10-14-16(11-12)18-15(4-2)17(14)13-8-6-5-7-9-13/h5-11H,3-4H2,1-2H3. The Labute approximate surface area is 108 Å². The van der Waals surface area contributed by atoms with Gasteiger partial charge in [-0.1, -0.05) is 44.2 Å². The van der Waals surface area contributed by atoms with Crippen LogP contribution in [0.15, 0.2) is 64.3 Å². The summed E-state index contributed by atoms with van der Waals surface area (Å²) in [6.45, 7) is 4.37. The summed E-state index contributed by atoms with van der Waals surface area (Å²) in [6, 6.07) is 10.6. The number of aliphatic imine (C=N–C) groups is 1. The Morgan fingerprint density at radius 1 is 0.944 bits per heavy atom. The van der Waals surface area contributed by atoms with Crippen LogP contribution in [-0.2, 0) is 0 Å². The van der Waals surface area contributed by atoms with Crippen LogP contribution >= 0.6 is 0 Å². The lowest BCUT2D eigenvalue weighted by Gasteiger charge is -2.06. The lowest BCUT2D eigenvalue weighted by Crippen LogP contribution is -1.98. The van der Waals surface area contributed by atoms with Crippen molar-refractivity contribution in [2.24, 2.45) is 4.99 Å². The van der Waals surface area contributed by atoms with Crippen LogP contribution in [0.4, 0.5) is 0 Å². The van der Waals surface area contributed by atoms with Crippen LogP contribution in [0.3, 0.4) is 0 Å². The van der Waals surface area contributed by atoms with Gasteiger partial charge in [0, 0.05) is 16.9 Å². The number of fused-ring (bicyclic) bond motifs is 1. The zero-order chi connectivity index (χ0) is 12.5. The van der Waals surface area contributed by atoms with Gasteiger partial charge in [-0.05, 0) is 36.1 Å². The predicted molar refractivity (Wildman–Crippen MR) is 77.5 cm³/mol. The largest absolute Gasteiger partial charge is 0.252 e. The van der Waals surface area contributed by atoms with Crippen LogP contribution in [-0.4, -0.2) is 5.71 Å². The van der Waals surface area contributed by atoms with E-state index in [0.29, 0.717) is 0 Å². The molecule has 1 aliphatic heterocycles. The Morgan fingerprint density at radius 2 is 1.72 bits per heavy atom. The van der Waals surface area contributed by atoms with E-state index in [1.54, 1.807) is 0 Å². The lowest BCUT2D eigenvalue weighted by molar-refractivity contribution is 1.15. The zero-order valence-electron chi connectivity index (χ0n) is 10.9. The van der Waals surface area contributed by atoms with Gasteiger partial charge in [-0.25, -0.2) is 0 Å². The first-order valence-electron chi connectivity index (χ1n) is 6.63. The number of rotatable bonds is 3. The molecule has 1 aliphatic carbocycles. The molecule has 0 aromatic heterocycles. The van der Waals surface area contributed by atoms with Gasteiger partial charge in [0.25, 0.3) is 0 Å². The summed E-state index contributed by atoms with van der Waals surface area (Å²) in [4.78, 5) is 4.78. The van der Waals surface area contributed by atoms with Crippen molar-refractivity contribution in [3.05, 3.63) is 64.9 Å². The monoisotopic (exact) mass is 235 g/mol. The summed E-state index contributed by atoms with van der Waals surface area (Å²) >= 11 is 0. The highest BCUT2D eigenvalue weighted by Gasteiger charge is 2.25. The summed E-state index contributed by atoms with van der Waals surface area (Å²) in [5.41, 5.74) is 7.68. The van der Waals surface area contributed by atoms with Crippen LogP contribution in [0.2, 0.25) is 0 Å². The molecular weight excluding hydrogens is 218 g/mol. The molecule has 0 N–H and O–H groups in total. The van der Waals surface area contributed by atoms with Gasteiger partial charge in [-0.2, -0.15) is 0 Å². The summed E-state index contributed by atoms with van der Waals surface area (Å²) < 4.78 is 0. The molecule has 0 saturated carbocycles. The highest BCUT2D eigenvalue weighted by molar-refractivity contribution is 6.28. The Kier molecular flexibility index (Phi) is 2.75. The highest BCUT2D eigenvalue weighted by atomic mass is 14.8. The third-order valence-electron chi connectivity index (χ3n) is 3.55. The maximum Gasteiger partial charge on any atom is 0.0715 e. The summed E-state index contributed by atoms with van der Waals surface area (Å²) in [5.74, 6) is 0. The number of hydrogen-bond acceptors (Lipinski definition) is 1. The van der Waals surface area contributed by atoms with E-state index in [2.05, 4.69) is 56.3 Å². The molecule has 0 saturated heterocycles. The summed E-state index contributed by atoms with van der Waals surface area (Å²) in [6.07, 6.45) is 6.58. The van der Waals surface area contributed by atoms with Crippen molar-refractivity contribution in [2.75, 3.05) is 0 Å². The van der Waals surface area contributed by atoms with Gasteiger partial charge >= 0.3 is 0 Å². The molecule has 1 nitrogen and oxygen atoms in total. The van der Waals surface area contributed by atoms with Gasteiger partial charge in [0.15, 0.2) is 0 Å². The second kappa shape index (κ2) is 4.41. The maximum atomic E-state index is 4.78. The zero-order valence-corrected chi connectivity index (χ0v) is 10.9. The smallest absolute Gasteiger partial charge is 0.0715 e. The van der Waals surface area contributed by atoms with Crippen LogP contribution in [0, 0.1) is 0 Å². The van der Waals surface area contributed by atoms with E-state index in [9.17, 15) is 0 Å². The van der Waals surface area contributed by atoms with Gasteiger partial charge in [0.2, 0.25) is 0 Å². The van der Waals surface area contributed by atoms with E-state index in [1.165, 1.54) is 28.0 Å². The van der Waals surface area contributed by atoms with E-state index in [0.717, 1.165) is 18.5 Å². The molecule has 3 rings (SSSR count). The molecule has 1 heteroatoms. The Hall–Kier alpha value is -1.89. The van der Waals surface area contributed by atoms with Gasteiger partial charge in [0.05, 0.1) is 5.70 Å². The van der Waals surface area contributed by atoms with Crippen molar-refractivity contribution in [1.29, 1.82) is 0 Å².